The third-order valence-electron chi connectivity index (χ3n) is 2.77. The Morgan fingerprint density at radius 1 is 1.18 bits per heavy atom. The van der Waals surface area contributed by atoms with Gasteiger partial charge in [-0.25, -0.2) is 4.98 Å². The number of nitrogens with one attached hydrogen (secondary N) is 1. The van der Waals surface area contributed by atoms with Crippen LogP contribution in [0.2, 0.25) is 0 Å². The minimum Gasteiger partial charge on any atom is -0.339 e. The Morgan fingerprint density at radius 3 is 2.53 bits per heavy atom. The summed E-state index contributed by atoms with van der Waals surface area (Å²) in [5, 5.41) is 0. The van der Waals surface area contributed by atoms with Gasteiger partial charge in [-0.2, -0.15) is 0 Å². The van der Waals surface area contributed by atoms with Crippen molar-refractivity contribution in [3.63, 3.8) is 0 Å². The zero-order valence-electron chi connectivity index (χ0n) is 10.3. The highest BCUT2D eigenvalue weighted by atomic mass is 15.0. The molecule has 2 rings (SSSR count). The van der Waals surface area contributed by atoms with E-state index in [1.54, 1.807) is 18.6 Å². The summed E-state index contributed by atoms with van der Waals surface area (Å²) in [6, 6.07) is -0.0827. The lowest BCUT2D eigenvalue weighted by atomic mass is 10.1. The van der Waals surface area contributed by atoms with Crippen LogP contribution in [0.5, 0.6) is 0 Å². The maximum Gasteiger partial charge on any atom is 0.123 e. The standard InChI is InChI=1S/C12H17N5/c1-7(2)10(13)12-16-6-9(17-12)11-8(3)14-4-5-15-11/h4-7,10H,13H2,1-3H3,(H,16,17). The molecule has 90 valence electrons. The molecule has 0 amide bonds. The molecule has 1 unspecified atom stereocenters. The molecule has 0 aliphatic heterocycles. The van der Waals surface area contributed by atoms with Gasteiger partial charge in [0.05, 0.1) is 23.6 Å². The maximum absolute atomic E-state index is 6.04. The van der Waals surface area contributed by atoms with Gasteiger partial charge in [-0.1, -0.05) is 13.8 Å². The van der Waals surface area contributed by atoms with E-state index in [-0.39, 0.29) is 6.04 Å². The first-order valence-corrected chi connectivity index (χ1v) is 5.68. The fourth-order valence-corrected chi connectivity index (χ4v) is 1.61. The van der Waals surface area contributed by atoms with Crippen molar-refractivity contribution in [2.45, 2.75) is 26.8 Å². The molecular weight excluding hydrogens is 214 g/mol. The highest BCUT2D eigenvalue weighted by Crippen LogP contribution is 2.21. The average molecular weight is 231 g/mol. The molecule has 0 radical (unpaired) electrons. The van der Waals surface area contributed by atoms with Gasteiger partial charge in [-0.05, 0) is 12.8 Å². The fraction of sp³-hybridized carbons (Fsp3) is 0.417. The molecule has 2 aromatic heterocycles. The number of hydrogen-bond donors (Lipinski definition) is 2. The Kier molecular flexibility index (Phi) is 3.19. The van der Waals surface area contributed by atoms with E-state index >= 15 is 0 Å². The zero-order valence-corrected chi connectivity index (χ0v) is 10.3. The smallest absolute Gasteiger partial charge is 0.123 e. The Labute approximate surface area is 101 Å². The van der Waals surface area contributed by atoms with Gasteiger partial charge >= 0.3 is 0 Å². The van der Waals surface area contributed by atoms with Gasteiger partial charge in [0.1, 0.15) is 11.5 Å². The number of aromatic nitrogens is 4. The van der Waals surface area contributed by atoms with E-state index in [1.807, 2.05) is 6.92 Å². The fourth-order valence-electron chi connectivity index (χ4n) is 1.61. The molecule has 0 spiro atoms. The van der Waals surface area contributed by atoms with E-state index in [0.717, 1.165) is 22.9 Å². The van der Waals surface area contributed by atoms with E-state index in [2.05, 4.69) is 33.8 Å². The van der Waals surface area contributed by atoms with E-state index in [4.69, 9.17) is 5.73 Å². The first-order chi connectivity index (χ1) is 8.09. The SMILES string of the molecule is Cc1nccnc1-c1cnc(C(N)C(C)C)[nH]1. The molecule has 0 saturated carbocycles. The largest absolute Gasteiger partial charge is 0.339 e. The Balaban J connectivity index is 2.34. The van der Waals surface area contributed by atoms with Crippen molar-refractivity contribution >= 4 is 0 Å². The number of hydrogen-bond acceptors (Lipinski definition) is 4. The normalized spacial score (nSPS) is 13.0. The van der Waals surface area contributed by atoms with Gasteiger partial charge in [-0.15, -0.1) is 0 Å². The van der Waals surface area contributed by atoms with Crippen molar-refractivity contribution in [1.82, 2.24) is 19.9 Å². The van der Waals surface area contributed by atoms with Crippen molar-refractivity contribution in [2.75, 3.05) is 0 Å². The first kappa shape index (κ1) is 11.7. The number of rotatable bonds is 3. The molecule has 2 heterocycles. The number of nitrogens with zero attached hydrogens (tertiary/aromatic N) is 3. The maximum atomic E-state index is 6.04. The minimum absolute atomic E-state index is 0.0827. The molecule has 0 saturated heterocycles. The van der Waals surface area contributed by atoms with Crippen LogP contribution >= 0.6 is 0 Å². The lowest BCUT2D eigenvalue weighted by Crippen LogP contribution is -2.18. The summed E-state index contributed by atoms with van der Waals surface area (Å²) in [5.74, 6) is 1.14. The third kappa shape index (κ3) is 2.34. The van der Waals surface area contributed by atoms with Crippen LogP contribution in [0.15, 0.2) is 18.6 Å². The quantitative estimate of drug-likeness (QED) is 0.844. The molecule has 5 heteroatoms. The number of aromatic amines is 1. The van der Waals surface area contributed by atoms with E-state index in [9.17, 15) is 0 Å². The van der Waals surface area contributed by atoms with Gasteiger partial charge < -0.3 is 10.7 Å². The summed E-state index contributed by atoms with van der Waals surface area (Å²) in [6.45, 7) is 6.06. The van der Waals surface area contributed by atoms with Crippen LogP contribution in [0, 0.1) is 12.8 Å². The van der Waals surface area contributed by atoms with Crippen LogP contribution < -0.4 is 5.73 Å². The van der Waals surface area contributed by atoms with Crippen LogP contribution in [-0.2, 0) is 0 Å². The molecular formula is C12H17N5. The molecule has 3 N–H and O–H groups in total. The van der Waals surface area contributed by atoms with E-state index < -0.39 is 0 Å². The number of H-pyrrole nitrogens is 1. The van der Waals surface area contributed by atoms with Crippen molar-refractivity contribution in [2.24, 2.45) is 11.7 Å². The number of nitrogens with two attached hydrogens (primary N) is 1. The summed E-state index contributed by atoms with van der Waals surface area (Å²) >= 11 is 0. The molecule has 17 heavy (non-hydrogen) atoms. The molecule has 0 fully saturated rings. The van der Waals surface area contributed by atoms with Gasteiger partial charge in [0.25, 0.3) is 0 Å². The zero-order chi connectivity index (χ0) is 12.4. The van der Waals surface area contributed by atoms with Crippen molar-refractivity contribution in [3.05, 3.63) is 30.1 Å². The molecule has 0 aromatic carbocycles. The Morgan fingerprint density at radius 2 is 1.88 bits per heavy atom. The van der Waals surface area contributed by atoms with Crippen molar-refractivity contribution in [3.8, 4) is 11.4 Å². The average Bonchev–Trinajstić information content (AvgIpc) is 2.77. The number of aryl methyl sites for hydroxylation is 1. The summed E-state index contributed by atoms with van der Waals surface area (Å²) < 4.78 is 0. The van der Waals surface area contributed by atoms with Gasteiger partial charge in [-0.3, -0.25) is 9.97 Å². The third-order valence-corrected chi connectivity index (χ3v) is 2.77. The molecule has 0 bridgehead atoms. The lowest BCUT2D eigenvalue weighted by molar-refractivity contribution is 0.494. The molecule has 5 nitrogen and oxygen atoms in total. The van der Waals surface area contributed by atoms with Crippen molar-refractivity contribution < 1.29 is 0 Å². The van der Waals surface area contributed by atoms with Gasteiger partial charge in [0.15, 0.2) is 0 Å². The monoisotopic (exact) mass is 231 g/mol. The first-order valence-electron chi connectivity index (χ1n) is 5.68. The molecule has 0 aliphatic carbocycles. The van der Waals surface area contributed by atoms with Crippen LogP contribution in [-0.4, -0.2) is 19.9 Å². The highest BCUT2D eigenvalue weighted by Gasteiger charge is 2.15. The van der Waals surface area contributed by atoms with E-state index in [1.165, 1.54) is 0 Å². The summed E-state index contributed by atoms with van der Waals surface area (Å²) in [5.41, 5.74) is 8.60. The number of imidazole rings is 1. The van der Waals surface area contributed by atoms with E-state index in [0.29, 0.717) is 5.92 Å². The second-order valence-corrected chi connectivity index (χ2v) is 4.44. The highest BCUT2D eigenvalue weighted by molar-refractivity contribution is 5.55. The molecule has 0 aliphatic rings. The van der Waals surface area contributed by atoms with Gasteiger partial charge in [0, 0.05) is 12.4 Å². The van der Waals surface area contributed by atoms with Crippen LogP contribution in [0.25, 0.3) is 11.4 Å². The second kappa shape index (κ2) is 4.63. The van der Waals surface area contributed by atoms with Crippen molar-refractivity contribution in [1.29, 1.82) is 0 Å². The second-order valence-electron chi connectivity index (χ2n) is 4.44. The Bertz CT molecular complexity index is 503. The summed E-state index contributed by atoms with van der Waals surface area (Å²) in [7, 11) is 0. The molecule has 1 atom stereocenters. The molecule has 2 aromatic rings. The predicted octanol–water partition coefficient (Wildman–Crippen LogP) is 1.83. The topological polar surface area (TPSA) is 80.5 Å². The predicted molar refractivity (Wildman–Crippen MR) is 66.1 cm³/mol. The Hall–Kier alpha value is -1.75. The lowest BCUT2D eigenvalue weighted by Gasteiger charge is -2.12. The summed E-state index contributed by atoms with van der Waals surface area (Å²) in [4.78, 5) is 16.0. The van der Waals surface area contributed by atoms with Crippen LogP contribution in [0.3, 0.4) is 0 Å². The minimum atomic E-state index is -0.0827. The van der Waals surface area contributed by atoms with Gasteiger partial charge in [0.2, 0.25) is 0 Å². The van der Waals surface area contributed by atoms with Crippen LogP contribution in [0.1, 0.15) is 31.4 Å². The van der Waals surface area contributed by atoms with Crippen LogP contribution in [0.4, 0.5) is 0 Å². The summed E-state index contributed by atoms with van der Waals surface area (Å²) in [6.07, 6.45) is 5.11.